The summed E-state index contributed by atoms with van der Waals surface area (Å²) in [6.45, 7) is 3.89. The maximum absolute atomic E-state index is 13.0. The Labute approximate surface area is 165 Å². The molecule has 0 spiro atoms. The Morgan fingerprint density at radius 1 is 1.22 bits per heavy atom. The summed E-state index contributed by atoms with van der Waals surface area (Å²) in [7, 11) is 0. The fourth-order valence-electron chi connectivity index (χ4n) is 2.41. The molecule has 0 radical (unpaired) electrons. The van der Waals surface area contributed by atoms with Crippen LogP contribution in [0.25, 0.3) is 0 Å². The Morgan fingerprint density at radius 2 is 2.00 bits per heavy atom. The highest BCUT2D eigenvalue weighted by Gasteiger charge is 2.12. The minimum Gasteiger partial charge on any atom is -0.349 e. The highest BCUT2D eigenvalue weighted by atomic mass is 32.2. The third-order valence-electron chi connectivity index (χ3n) is 3.75. The minimum atomic E-state index is -0.292. The molecule has 1 aromatic heterocycles. The molecule has 0 fully saturated rings. The van der Waals surface area contributed by atoms with Gasteiger partial charge in [-0.15, -0.1) is 10.2 Å². The van der Waals surface area contributed by atoms with Gasteiger partial charge in [-0.2, -0.15) is 0 Å². The molecule has 3 aromatic rings. The van der Waals surface area contributed by atoms with Crippen LogP contribution in [0, 0.1) is 12.7 Å². The second kappa shape index (κ2) is 8.96. The number of aromatic nitrogens is 2. The number of anilines is 2. The molecule has 0 aliphatic rings. The average Bonchev–Trinajstić information content (AvgIpc) is 3.08. The van der Waals surface area contributed by atoms with E-state index in [4.69, 9.17) is 0 Å². The number of carbonyl (C=O) groups excluding carboxylic acids is 1. The zero-order chi connectivity index (χ0) is 19.2. The largest absolute Gasteiger partial charge is 0.349 e. The van der Waals surface area contributed by atoms with Crippen molar-refractivity contribution in [2.75, 3.05) is 11.1 Å². The first-order valence-electron chi connectivity index (χ1n) is 8.34. The lowest BCUT2D eigenvalue weighted by Gasteiger charge is -2.13. The molecular formula is C19H19FN4OS2. The number of nitrogens with zero attached hydrogens (tertiary/aromatic N) is 2. The molecular weight excluding hydrogens is 383 g/mol. The van der Waals surface area contributed by atoms with Crippen LogP contribution in [0.2, 0.25) is 0 Å². The Bertz CT molecular complexity index is 914. The fraction of sp³-hybridized carbons (Fsp3) is 0.211. The minimum absolute atomic E-state index is 0.111. The van der Waals surface area contributed by atoms with Crippen molar-refractivity contribution in [2.45, 2.75) is 24.2 Å². The number of hydrogen-bond donors (Lipinski definition) is 2. The van der Waals surface area contributed by atoms with E-state index in [2.05, 4.69) is 20.8 Å². The maximum Gasteiger partial charge on any atom is 0.230 e. The van der Waals surface area contributed by atoms with Crippen LogP contribution in [-0.4, -0.2) is 21.9 Å². The highest BCUT2D eigenvalue weighted by molar-refractivity contribution is 8.01. The van der Waals surface area contributed by atoms with Gasteiger partial charge in [-0.1, -0.05) is 47.4 Å². The number of amides is 1. The van der Waals surface area contributed by atoms with Gasteiger partial charge in [0.25, 0.3) is 0 Å². The van der Waals surface area contributed by atoms with E-state index in [1.54, 1.807) is 12.1 Å². The zero-order valence-corrected chi connectivity index (χ0v) is 16.5. The molecule has 3 rings (SSSR count). The van der Waals surface area contributed by atoms with Crippen molar-refractivity contribution in [3.63, 3.8) is 0 Å². The van der Waals surface area contributed by atoms with Crippen molar-refractivity contribution in [2.24, 2.45) is 0 Å². The van der Waals surface area contributed by atoms with Gasteiger partial charge in [-0.3, -0.25) is 4.79 Å². The summed E-state index contributed by atoms with van der Waals surface area (Å²) in [5.74, 6) is -0.163. The Morgan fingerprint density at radius 3 is 2.74 bits per heavy atom. The molecule has 2 aromatic carbocycles. The summed E-state index contributed by atoms with van der Waals surface area (Å²) in [6.07, 6.45) is 0. The molecule has 140 valence electrons. The van der Waals surface area contributed by atoms with Gasteiger partial charge in [0.1, 0.15) is 5.82 Å². The van der Waals surface area contributed by atoms with E-state index in [1.807, 2.05) is 38.1 Å². The van der Waals surface area contributed by atoms with Crippen molar-refractivity contribution in [1.82, 2.24) is 15.5 Å². The lowest BCUT2D eigenvalue weighted by atomic mass is 10.1. The molecule has 0 saturated carbocycles. The van der Waals surface area contributed by atoms with E-state index in [0.717, 1.165) is 21.2 Å². The Hall–Kier alpha value is -2.45. The number of benzene rings is 2. The first-order valence-corrected chi connectivity index (χ1v) is 10.1. The lowest BCUT2D eigenvalue weighted by Crippen LogP contribution is -2.28. The van der Waals surface area contributed by atoms with Gasteiger partial charge in [0.15, 0.2) is 4.34 Å². The number of rotatable bonds is 7. The smallest absolute Gasteiger partial charge is 0.230 e. The molecule has 2 N–H and O–H groups in total. The standard InChI is InChI=1S/C19H19FN4OS2/c1-12-4-3-5-16(10-12)22-18-23-24-19(27-18)26-11-17(25)21-13(2)14-6-8-15(20)9-7-14/h3-10,13H,11H2,1-2H3,(H,21,25)(H,22,23)/t13-/m0/s1. The van der Waals surface area contributed by atoms with E-state index < -0.39 is 0 Å². The average molecular weight is 403 g/mol. The number of nitrogens with one attached hydrogen (secondary N) is 2. The van der Waals surface area contributed by atoms with Crippen LogP contribution < -0.4 is 10.6 Å². The van der Waals surface area contributed by atoms with Crippen molar-refractivity contribution in [3.8, 4) is 0 Å². The van der Waals surface area contributed by atoms with Gasteiger partial charge in [0, 0.05) is 5.69 Å². The normalized spacial score (nSPS) is 11.8. The predicted molar refractivity (Wildman–Crippen MR) is 108 cm³/mol. The molecule has 0 unspecified atom stereocenters. The summed E-state index contributed by atoms with van der Waals surface area (Å²) in [5.41, 5.74) is 2.97. The quantitative estimate of drug-likeness (QED) is 0.561. The second-order valence-electron chi connectivity index (χ2n) is 6.00. The van der Waals surface area contributed by atoms with Crippen LogP contribution in [0.4, 0.5) is 15.2 Å². The fourth-order valence-corrected chi connectivity index (χ4v) is 3.99. The van der Waals surface area contributed by atoms with Crippen molar-refractivity contribution in [3.05, 3.63) is 65.5 Å². The molecule has 27 heavy (non-hydrogen) atoms. The number of carbonyl (C=O) groups is 1. The van der Waals surface area contributed by atoms with Crippen LogP contribution in [0.5, 0.6) is 0 Å². The zero-order valence-electron chi connectivity index (χ0n) is 14.9. The van der Waals surface area contributed by atoms with E-state index in [1.165, 1.54) is 35.2 Å². The van der Waals surface area contributed by atoms with Crippen LogP contribution in [-0.2, 0) is 4.79 Å². The topological polar surface area (TPSA) is 66.9 Å². The first kappa shape index (κ1) is 19.3. The summed E-state index contributed by atoms with van der Waals surface area (Å²) in [6, 6.07) is 13.9. The van der Waals surface area contributed by atoms with E-state index >= 15 is 0 Å². The van der Waals surface area contributed by atoms with Gasteiger partial charge >= 0.3 is 0 Å². The number of hydrogen-bond acceptors (Lipinski definition) is 6. The molecule has 0 aliphatic carbocycles. The lowest BCUT2D eigenvalue weighted by molar-refractivity contribution is -0.119. The molecule has 1 heterocycles. The molecule has 0 aliphatic heterocycles. The van der Waals surface area contributed by atoms with Crippen molar-refractivity contribution < 1.29 is 9.18 Å². The van der Waals surface area contributed by atoms with Crippen molar-refractivity contribution >= 4 is 39.8 Å². The Kier molecular flexibility index (Phi) is 6.41. The maximum atomic E-state index is 13.0. The highest BCUT2D eigenvalue weighted by Crippen LogP contribution is 2.28. The SMILES string of the molecule is Cc1cccc(Nc2nnc(SCC(=O)N[C@@H](C)c3ccc(F)cc3)s2)c1. The second-order valence-corrected chi connectivity index (χ2v) is 8.20. The van der Waals surface area contributed by atoms with Gasteiger partial charge in [0.05, 0.1) is 11.8 Å². The number of aryl methyl sites for hydroxylation is 1. The molecule has 0 bridgehead atoms. The van der Waals surface area contributed by atoms with Gasteiger partial charge in [0.2, 0.25) is 11.0 Å². The summed E-state index contributed by atoms with van der Waals surface area (Å²) in [4.78, 5) is 12.1. The number of halogens is 1. The summed E-state index contributed by atoms with van der Waals surface area (Å²) < 4.78 is 13.7. The van der Waals surface area contributed by atoms with Crippen molar-refractivity contribution in [1.29, 1.82) is 0 Å². The summed E-state index contributed by atoms with van der Waals surface area (Å²) >= 11 is 2.74. The number of thioether (sulfide) groups is 1. The van der Waals surface area contributed by atoms with Gasteiger partial charge in [-0.05, 0) is 49.2 Å². The predicted octanol–water partition coefficient (Wildman–Crippen LogP) is 4.70. The molecule has 0 saturated heterocycles. The molecule has 5 nitrogen and oxygen atoms in total. The van der Waals surface area contributed by atoms with Crippen LogP contribution in [0.3, 0.4) is 0 Å². The summed E-state index contributed by atoms with van der Waals surface area (Å²) in [5, 5.41) is 15.0. The molecule has 1 atom stereocenters. The van der Waals surface area contributed by atoms with E-state index in [9.17, 15) is 9.18 Å². The first-order chi connectivity index (χ1) is 13.0. The Balaban J connectivity index is 1.49. The monoisotopic (exact) mass is 402 g/mol. The van der Waals surface area contributed by atoms with Crippen LogP contribution in [0.1, 0.15) is 24.1 Å². The van der Waals surface area contributed by atoms with Gasteiger partial charge in [-0.25, -0.2) is 4.39 Å². The van der Waals surface area contributed by atoms with Gasteiger partial charge < -0.3 is 10.6 Å². The van der Waals surface area contributed by atoms with E-state index in [-0.39, 0.29) is 23.5 Å². The molecule has 1 amide bonds. The van der Waals surface area contributed by atoms with Crippen LogP contribution in [0.15, 0.2) is 52.9 Å². The third kappa shape index (κ3) is 5.77. The van der Waals surface area contributed by atoms with Crippen LogP contribution >= 0.6 is 23.1 Å². The molecule has 8 heteroatoms. The third-order valence-corrected chi connectivity index (χ3v) is 5.72. The van der Waals surface area contributed by atoms with E-state index in [0.29, 0.717) is 5.13 Å².